The summed E-state index contributed by atoms with van der Waals surface area (Å²) in [7, 11) is 1.63. The monoisotopic (exact) mass is 463 g/mol. The summed E-state index contributed by atoms with van der Waals surface area (Å²) in [4.78, 5) is 4.08. The van der Waals surface area contributed by atoms with E-state index in [9.17, 15) is 13.2 Å². The van der Waals surface area contributed by atoms with Gasteiger partial charge in [0.25, 0.3) is 0 Å². The van der Waals surface area contributed by atoms with Gasteiger partial charge < -0.3 is 10.6 Å². The Balaban J connectivity index is 0.00000312. The van der Waals surface area contributed by atoms with Gasteiger partial charge in [-0.15, -0.1) is 24.0 Å². The SMILES string of the molecule is CN=C(NCCc1ccccc1)NCc1cccc(C(F)(F)F)c1.I. The number of alkyl halides is 3. The van der Waals surface area contributed by atoms with Crippen LogP contribution in [0.25, 0.3) is 0 Å². The zero-order chi connectivity index (χ0) is 17.4. The largest absolute Gasteiger partial charge is 0.416 e. The van der Waals surface area contributed by atoms with Crippen LogP contribution in [0.1, 0.15) is 16.7 Å². The molecule has 0 saturated heterocycles. The molecule has 0 aliphatic carbocycles. The molecule has 136 valence electrons. The van der Waals surface area contributed by atoms with E-state index in [-0.39, 0.29) is 30.5 Å². The van der Waals surface area contributed by atoms with Crippen molar-refractivity contribution in [3.05, 3.63) is 71.3 Å². The van der Waals surface area contributed by atoms with E-state index in [2.05, 4.69) is 15.6 Å². The molecule has 0 aliphatic rings. The summed E-state index contributed by atoms with van der Waals surface area (Å²) < 4.78 is 38.1. The minimum Gasteiger partial charge on any atom is -0.356 e. The van der Waals surface area contributed by atoms with Gasteiger partial charge in [0.15, 0.2) is 5.96 Å². The standard InChI is InChI=1S/C18H20F3N3.HI/c1-22-17(23-11-10-14-6-3-2-4-7-14)24-13-15-8-5-9-16(12-15)18(19,20)21;/h2-9,12H,10-11,13H2,1H3,(H2,22,23,24);1H. The zero-order valence-electron chi connectivity index (χ0n) is 13.8. The Kier molecular flexibility index (Phi) is 8.74. The fraction of sp³-hybridized carbons (Fsp3) is 0.278. The first-order chi connectivity index (χ1) is 11.5. The van der Waals surface area contributed by atoms with Gasteiger partial charge >= 0.3 is 6.18 Å². The molecule has 0 amide bonds. The first-order valence-electron chi connectivity index (χ1n) is 7.63. The molecular weight excluding hydrogens is 442 g/mol. The third kappa shape index (κ3) is 7.33. The molecule has 0 heterocycles. The number of hydrogen-bond acceptors (Lipinski definition) is 1. The van der Waals surface area contributed by atoms with Gasteiger partial charge in [0, 0.05) is 20.1 Å². The summed E-state index contributed by atoms with van der Waals surface area (Å²) in [6, 6.07) is 15.3. The first-order valence-corrected chi connectivity index (χ1v) is 7.63. The average Bonchev–Trinajstić information content (AvgIpc) is 2.58. The molecule has 0 bridgehead atoms. The number of halogens is 4. The molecule has 0 unspecified atom stereocenters. The van der Waals surface area contributed by atoms with Crippen LogP contribution in [0.4, 0.5) is 13.2 Å². The van der Waals surface area contributed by atoms with Crippen LogP contribution in [-0.4, -0.2) is 19.6 Å². The highest BCUT2D eigenvalue weighted by Crippen LogP contribution is 2.29. The van der Waals surface area contributed by atoms with Crippen LogP contribution in [0.15, 0.2) is 59.6 Å². The Bertz CT molecular complexity index is 673. The second-order valence-electron chi connectivity index (χ2n) is 5.29. The van der Waals surface area contributed by atoms with Crippen molar-refractivity contribution < 1.29 is 13.2 Å². The van der Waals surface area contributed by atoms with Gasteiger partial charge in [0.1, 0.15) is 0 Å². The van der Waals surface area contributed by atoms with Crippen molar-refractivity contribution in [1.29, 1.82) is 0 Å². The summed E-state index contributed by atoms with van der Waals surface area (Å²) in [5.41, 5.74) is 1.11. The Labute approximate surface area is 162 Å². The van der Waals surface area contributed by atoms with E-state index in [1.807, 2.05) is 30.3 Å². The van der Waals surface area contributed by atoms with Gasteiger partial charge in [-0.1, -0.05) is 42.5 Å². The second-order valence-corrected chi connectivity index (χ2v) is 5.29. The lowest BCUT2D eigenvalue weighted by molar-refractivity contribution is -0.137. The molecule has 0 fully saturated rings. The van der Waals surface area contributed by atoms with Gasteiger partial charge in [0.05, 0.1) is 5.56 Å². The van der Waals surface area contributed by atoms with Gasteiger partial charge in [-0.25, -0.2) is 0 Å². The van der Waals surface area contributed by atoms with E-state index in [4.69, 9.17) is 0 Å². The van der Waals surface area contributed by atoms with Crippen molar-refractivity contribution in [1.82, 2.24) is 10.6 Å². The number of rotatable bonds is 5. The fourth-order valence-electron chi connectivity index (χ4n) is 2.23. The first kappa shape index (κ1) is 21.3. The molecule has 0 saturated carbocycles. The highest BCUT2D eigenvalue weighted by atomic mass is 127. The van der Waals surface area contributed by atoms with Crippen molar-refractivity contribution in [2.45, 2.75) is 19.1 Å². The fourth-order valence-corrected chi connectivity index (χ4v) is 2.23. The van der Waals surface area contributed by atoms with Gasteiger partial charge in [-0.05, 0) is 29.7 Å². The van der Waals surface area contributed by atoms with E-state index >= 15 is 0 Å². The molecule has 0 spiro atoms. The minimum atomic E-state index is -4.33. The number of nitrogens with zero attached hydrogens (tertiary/aromatic N) is 1. The normalized spacial score (nSPS) is 11.6. The molecule has 3 nitrogen and oxygen atoms in total. The van der Waals surface area contributed by atoms with Crippen LogP contribution in [-0.2, 0) is 19.1 Å². The van der Waals surface area contributed by atoms with E-state index in [1.54, 1.807) is 13.1 Å². The number of hydrogen-bond donors (Lipinski definition) is 2. The quantitative estimate of drug-likeness (QED) is 0.396. The molecule has 2 aromatic rings. The van der Waals surface area contributed by atoms with Gasteiger partial charge in [-0.3, -0.25) is 4.99 Å². The topological polar surface area (TPSA) is 36.4 Å². The summed E-state index contributed by atoms with van der Waals surface area (Å²) in [5.74, 6) is 0.559. The van der Waals surface area contributed by atoms with Crippen molar-refractivity contribution in [2.24, 2.45) is 4.99 Å². The molecular formula is C18H21F3IN3. The molecule has 2 N–H and O–H groups in total. The van der Waals surface area contributed by atoms with Crippen LogP contribution in [0, 0.1) is 0 Å². The Morgan fingerprint density at radius 3 is 2.28 bits per heavy atom. The average molecular weight is 463 g/mol. The van der Waals surface area contributed by atoms with Gasteiger partial charge in [0.2, 0.25) is 0 Å². The molecule has 0 aliphatic heterocycles. The van der Waals surface area contributed by atoms with E-state index in [0.717, 1.165) is 18.6 Å². The molecule has 0 atom stereocenters. The Morgan fingerprint density at radius 1 is 0.960 bits per heavy atom. The van der Waals surface area contributed by atoms with Crippen molar-refractivity contribution in [2.75, 3.05) is 13.6 Å². The van der Waals surface area contributed by atoms with Crippen LogP contribution in [0.5, 0.6) is 0 Å². The van der Waals surface area contributed by atoms with E-state index < -0.39 is 11.7 Å². The van der Waals surface area contributed by atoms with Crippen LogP contribution < -0.4 is 10.6 Å². The lowest BCUT2D eigenvalue weighted by Crippen LogP contribution is -2.37. The highest BCUT2D eigenvalue weighted by Gasteiger charge is 2.30. The molecule has 25 heavy (non-hydrogen) atoms. The summed E-state index contributed by atoms with van der Waals surface area (Å²) in [6.45, 7) is 0.960. The van der Waals surface area contributed by atoms with Crippen molar-refractivity contribution in [3.63, 3.8) is 0 Å². The molecule has 0 aromatic heterocycles. The predicted octanol–water partition coefficient (Wildman–Crippen LogP) is 4.23. The van der Waals surface area contributed by atoms with Crippen LogP contribution >= 0.6 is 24.0 Å². The molecule has 7 heteroatoms. The lowest BCUT2D eigenvalue weighted by Gasteiger charge is -2.13. The maximum absolute atomic E-state index is 12.7. The minimum absolute atomic E-state index is 0. The van der Waals surface area contributed by atoms with E-state index in [1.165, 1.54) is 11.6 Å². The summed E-state index contributed by atoms with van der Waals surface area (Å²) in [6.07, 6.45) is -3.49. The lowest BCUT2D eigenvalue weighted by atomic mass is 10.1. The Hall–Kier alpha value is -1.77. The highest BCUT2D eigenvalue weighted by molar-refractivity contribution is 14.0. The smallest absolute Gasteiger partial charge is 0.356 e. The summed E-state index contributed by atoms with van der Waals surface area (Å²) >= 11 is 0. The van der Waals surface area contributed by atoms with Crippen molar-refractivity contribution in [3.8, 4) is 0 Å². The molecule has 2 aromatic carbocycles. The number of nitrogens with one attached hydrogen (secondary N) is 2. The molecule has 2 rings (SSSR count). The van der Waals surface area contributed by atoms with Gasteiger partial charge in [-0.2, -0.15) is 13.2 Å². The number of benzene rings is 2. The number of guanidine groups is 1. The third-order valence-electron chi connectivity index (χ3n) is 3.49. The second kappa shape index (κ2) is 10.3. The number of aliphatic imine (C=N–C) groups is 1. The molecule has 0 radical (unpaired) electrons. The maximum atomic E-state index is 12.7. The third-order valence-corrected chi connectivity index (χ3v) is 3.49. The van der Waals surface area contributed by atoms with Crippen molar-refractivity contribution >= 4 is 29.9 Å². The maximum Gasteiger partial charge on any atom is 0.416 e. The summed E-state index contributed by atoms with van der Waals surface area (Å²) in [5, 5.41) is 6.17. The van der Waals surface area contributed by atoms with E-state index in [0.29, 0.717) is 18.1 Å². The van der Waals surface area contributed by atoms with Crippen LogP contribution in [0.3, 0.4) is 0 Å². The zero-order valence-corrected chi connectivity index (χ0v) is 16.1. The van der Waals surface area contributed by atoms with Crippen LogP contribution in [0.2, 0.25) is 0 Å². The Morgan fingerprint density at radius 2 is 1.64 bits per heavy atom. The predicted molar refractivity (Wildman–Crippen MR) is 105 cm³/mol.